The normalized spacial score (nSPS) is 18.0. The van der Waals surface area contributed by atoms with Crippen molar-refractivity contribution in [2.24, 2.45) is 0 Å². The van der Waals surface area contributed by atoms with Gasteiger partial charge in [-0.15, -0.1) is 0 Å². The van der Waals surface area contributed by atoms with Crippen LogP contribution in [0.5, 0.6) is 0 Å². The van der Waals surface area contributed by atoms with E-state index in [0.29, 0.717) is 0 Å². The first-order valence-corrected chi connectivity index (χ1v) is 7.19. The van der Waals surface area contributed by atoms with Crippen molar-refractivity contribution in [2.45, 2.75) is 19.4 Å². The number of hydrogen-bond donors (Lipinski definition) is 1. The molecule has 0 bridgehead atoms. The summed E-state index contributed by atoms with van der Waals surface area (Å²) in [6, 6.07) is 7.46. The molecule has 3 amide bonds. The number of amides is 3. The van der Waals surface area contributed by atoms with Gasteiger partial charge in [0.2, 0.25) is 11.8 Å². The molecular weight excluding hydrogens is 336 g/mol. The maximum absolute atomic E-state index is 12.3. The molecule has 0 aliphatic carbocycles. The Hall–Kier alpha value is -1.95. The maximum atomic E-state index is 12.3. The number of rotatable bonds is 2. The highest BCUT2D eigenvalue weighted by Gasteiger charge is 2.42. The minimum Gasteiger partial charge on any atom is -0.316 e. The van der Waals surface area contributed by atoms with E-state index >= 15 is 0 Å². The monoisotopic (exact) mass is 350 g/mol. The minimum atomic E-state index is -1.05. The third kappa shape index (κ3) is 3.39. The van der Waals surface area contributed by atoms with Gasteiger partial charge in [0.05, 0.1) is 0 Å². The van der Waals surface area contributed by atoms with Gasteiger partial charge in [-0.2, -0.15) is 0 Å². The van der Waals surface area contributed by atoms with Crippen LogP contribution in [-0.4, -0.2) is 34.7 Å². The largest absolute Gasteiger partial charge is 0.316 e. The molecule has 1 saturated heterocycles. The van der Waals surface area contributed by atoms with Crippen LogP contribution in [0.3, 0.4) is 0 Å². The first-order valence-electron chi connectivity index (χ1n) is 6.40. The number of nitrogens with zero attached hydrogens (tertiary/aromatic N) is 1. The van der Waals surface area contributed by atoms with Crippen molar-refractivity contribution in [2.75, 3.05) is 6.54 Å². The SMILES string of the molecule is CC1(C)C(=O)NC(=O)CN1C(=O)C=Cc1cccc(Br)c1. The van der Waals surface area contributed by atoms with Crippen LogP contribution in [0.25, 0.3) is 6.08 Å². The van der Waals surface area contributed by atoms with Crippen LogP contribution in [0, 0.1) is 0 Å². The molecular formula is C15H15BrN2O3. The zero-order chi connectivity index (χ0) is 15.6. The molecule has 0 unspecified atom stereocenters. The molecule has 0 spiro atoms. The molecule has 1 aliphatic rings. The molecule has 1 heterocycles. The number of hydrogen-bond acceptors (Lipinski definition) is 3. The average molecular weight is 351 g/mol. The topological polar surface area (TPSA) is 66.5 Å². The Morgan fingerprint density at radius 2 is 2.10 bits per heavy atom. The van der Waals surface area contributed by atoms with Gasteiger partial charge in [0.25, 0.3) is 5.91 Å². The van der Waals surface area contributed by atoms with E-state index in [-0.39, 0.29) is 12.5 Å². The van der Waals surface area contributed by atoms with E-state index in [1.807, 2.05) is 24.3 Å². The molecule has 0 aromatic heterocycles. The number of piperazine rings is 1. The molecule has 21 heavy (non-hydrogen) atoms. The maximum Gasteiger partial charge on any atom is 0.252 e. The Morgan fingerprint density at radius 3 is 2.76 bits per heavy atom. The lowest BCUT2D eigenvalue weighted by Gasteiger charge is -2.39. The summed E-state index contributed by atoms with van der Waals surface area (Å²) in [6.45, 7) is 3.10. The third-order valence-corrected chi connectivity index (χ3v) is 3.81. The number of carbonyl (C=O) groups excluding carboxylic acids is 3. The molecule has 1 fully saturated rings. The fraction of sp³-hybridized carbons (Fsp3) is 0.267. The van der Waals surface area contributed by atoms with Crippen LogP contribution in [0.15, 0.2) is 34.8 Å². The first-order chi connectivity index (χ1) is 9.80. The van der Waals surface area contributed by atoms with Crippen LogP contribution in [0.1, 0.15) is 19.4 Å². The molecule has 110 valence electrons. The molecule has 6 heteroatoms. The highest BCUT2D eigenvalue weighted by molar-refractivity contribution is 9.10. The summed E-state index contributed by atoms with van der Waals surface area (Å²) in [7, 11) is 0. The number of halogens is 1. The summed E-state index contributed by atoms with van der Waals surface area (Å²) < 4.78 is 0.907. The third-order valence-electron chi connectivity index (χ3n) is 3.32. The van der Waals surface area contributed by atoms with E-state index in [4.69, 9.17) is 0 Å². The van der Waals surface area contributed by atoms with E-state index < -0.39 is 17.4 Å². The second kappa shape index (κ2) is 5.81. The summed E-state index contributed by atoms with van der Waals surface area (Å²) >= 11 is 3.35. The van der Waals surface area contributed by atoms with Crippen LogP contribution < -0.4 is 5.32 Å². The van der Waals surface area contributed by atoms with Gasteiger partial charge in [0, 0.05) is 10.5 Å². The minimum absolute atomic E-state index is 0.125. The number of imide groups is 1. The van der Waals surface area contributed by atoms with Crippen LogP contribution in [0.4, 0.5) is 0 Å². The summed E-state index contributed by atoms with van der Waals surface area (Å²) in [4.78, 5) is 36.8. The van der Waals surface area contributed by atoms with E-state index in [2.05, 4.69) is 21.2 Å². The predicted molar refractivity (Wildman–Crippen MR) is 82.1 cm³/mol. The first kappa shape index (κ1) is 15.4. The van der Waals surface area contributed by atoms with Crippen molar-refractivity contribution in [3.63, 3.8) is 0 Å². The Kier molecular flexibility index (Phi) is 4.27. The molecule has 1 aromatic carbocycles. The lowest BCUT2D eigenvalue weighted by molar-refractivity contribution is -0.153. The second-order valence-electron chi connectivity index (χ2n) is 5.25. The van der Waals surface area contributed by atoms with Gasteiger partial charge in [-0.1, -0.05) is 28.1 Å². The molecule has 1 aromatic rings. The van der Waals surface area contributed by atoms with Crippen molar-refractivity contribution in [1.29, 1.82) is 0 Å². The molecule has 0 radical (unpaired) electrons. The summed E-state index contributed by atoms with van der Waals surface area (Å²) in [6.07, 6.45) is 3.02. The Morgan fingerprint density at radius 1 is 1.38 bits per heavy atom. The zero-order valence-electron chi connectivity index (χ0n) is 11.7. The number of carbonyl (C=O) groups is 3. The van der Waals surface area contributed by atoms with E-state index in [1.54, 1.807) is 19.9 Å². The summed E-state index contributed by atoms with van der Waals surface area (Å²) in [5, 5.41) is 2.23. The number of nitrogens with one attached hydrogen (secondary N) is 1. The number of benzene rings is 1. The van der Waals surface area contributed by atoms with Crippen LogP contribution in [-0.2, 0) is 14.4 Å². The smallest absolute Gasteiger partial charge is 0.252 e. The lowest BCUT2D eigenvalue weighted by atomic mass is 9.98. The summed E-state index contributed by atoms with van der Waals surface area (Å²) in [5.41, 5.74) is -0.199. The van der Waals surface area contributed by atoms with Gasteiger partial charge in [-0.3, -0.25) is 19.7 Å². The van der Waals surface area contributed by atoms with E-state index in [0.717, 1.165) is 10.0 Å². The van der Waals surface area contributed by atoms with Gasteiger partial charge in [0.15, 0.2) is 0 Å². The second-order valence-corrected chi connectivity index (χ2v) is 6.16. The van der Waals surface area contributed by atoms with E-state index in [9.17, 15) is 14.4 Å². The molecule has 2 rings (SSSR count). The highest BCUT2D eigenvalue weighted by Crippen LogP contribution is 2.19. The fourth-order valence-corrected chi connectivity index (χ4v) is 2.42. The molecule has 1 N–H and O–H groups in total. The van der Waals surface area contributed by atoms with Crippen molar-refractivity contribution in [1.82, 2.24) is 10.2 Å². The van der Waals surface area contributed by atoms with Crippen molar-refractivity contribution < 1.29 is 14.4 Å². The average Bonchev–Trinajstić information content (AvgIpc) is 2.40. The van der Waals surface area contributed by atoms with Crippen molar-refractivity contribution in [3.8, 4) is 0 Å². The van der Waals surface area contributed by atoms with Gasteiger partial charge in [-0.25, -0.2) is 0 Å². The quantitative estimate of drug-likeness (QED) is 0.652. The molecule has 0 saturated carbocycles. The standard InChI is InChI=1S/C15H15BrN2O3/c1-15(2)14(21)17-12(19)9-18(15)13(20)7-6-10-4-3-5-11(16)8-10/h3-8H,9H2,1-2H3,(H,17,19,21). The molecule has 0 atom stereocenters. The summed E-state index contributed by atoms with van der Waals surface area (Å²) in [5.74, 6) is -1.31. The Balaban J connectivity index is 2.19. The van der Waals surface area contributed by atoms with Crippen molar-refractivity contribution in [3.05, 3.63) is 40.4 Å². The lowest BCUT2D eigenvalue weighted by Crippen LogP contribution is -2.65. The molecule has 5 nitrogen and oxygen atoms in total. The van der Waals surface area contributed by atoms with Crippen molar-refractivity contribution >= 4 is 39.7 Å². The van der Waals surface area contributed by atoms with Gasteiger partial charge < -0.3 is 4.90 Å². The van der Waals surface area contributed by atoms with Crippen LogP contribution >= 0.6 is 15.9 Å². The Labute approximate surface area is 131 Å². The Bertz CT molecular complexity index is 638. The zero-order valence-corrected chi connectivity index (χ0v) is 13.3. The van der Waals surface area contributed by atoms with Crippen LogP contribution in [0.2, 0.25) is 0 Å². The highest BCUT2D eigenvalue weighted by atomic mass is 79.9. The van der Waals surface area contributed by atoms with Gasteiger partial charge >= 0.3 is 0 Å². The predicted octanol–water partition coefficient (Wildman–Crippen LogP) is 1.73. The van der Waals surface area contributed by atoms with Gasteiger partial charge in [-0.05, 0) is 37.6 Å². The fourth-order valence-electron chi connectivity index (χ4n) is 2.00. The van der Waals surface area contributed by atoms with E-state index in [1.165, 1.54) is 11.0 Å². The van der Waals surface area contributed by atoms with Gasteiger partial charge in [0.1, 0.15) is 12.1 Å². The molecule has 1 aliphatic heterocycles.